The molecular weight excluding hydrogens is 696 g/mol. The number of carbonyl (C=O) groups excluding carboxylic acids is 3. The van der Waals surface area contributed by atoms with Crippen LogP contribution in [0.5, 0.6) is 0 Å². The third-order valence-electron chi connectivity index (χ3n) is 12.3. The van der Waals surface area contributed by atoms with Crippen LogP contribution in [-0.2, 0) is 44.5 Å². The largest absolute Gasteiger partial charge is 0.461 e. The van der Waals surface area contributed by atoms with Crippen LogP contribution in [0.25, 0.3) is 0 Å². The van der Waals surface area contributed by atoms with Crippen LogP contribution in [0.15, 0.2) is 24.4 Å². The van der Waals surface area contributed by atoms with E-state index in [2.05, 4.69) is 9.88 Å². The Balaban J connectivity index is 1.83. The predicted molar refractivity (Wildman–Crippen MR) is 200 cm³/mol. The highest BCUT2D eigenvalue weighted by molar-refractivity contribution is 5.83. The predicted octanol–water partition coefficient (Wildman–Crippen LogP) is 3.87. The van der Waals surface area contributed by atoms with Crippen molar-refractivity contribution < 1.29 is 53.4 Å². The lowest BCUT2D eigenvalue weighted by Gasteiger charge is -2.52. The molecule has 306 valence electrons. The molecule has 4 rings (SSSR count). The molecule has 2 aliphatic heterocycles. The average Bonchev–Trinajstić information content (AvgIpc) is 3.95. The first kappa shape index (κ1) is 44.2. The number of Topliss-reactive ketones (excluding diaryl/α,β-unsaturated/α-hetero) is 1. The Morgan fingerprint density at radius 2 is 1.70 bits per heavy atom. The number of aliphatic hydroxyl groups excluding tert-OH is 2. The fourth-order valence-corrected chi connectivity index (χ4v) is 8.74. The van der Waals surface area contributed by atoms with Crippen molar-refractivity contribution in [2.75, 3.05) is 20.7 Å². The number of pyridine rings is 1. The Bertz CT molecular complexity index is 1420. The van der Waals surface area contributed by atoms with Crippen molar-refractivity contribution in [1.29, 1.82) is 0 Å². The van der Waals surface area contributed by atoms with Crippen LogP contribution >= 0.6 is 0 Å². The molecule has 2 saturated heterocycles. The zero-order valence-electron chi connectivity index (χ0n) is 34.2. The Hall–Kier alpha value is -2.52. The molecule has 3 aliphatic rings. The Morgan fingerprint density at radius 3 is 2.28 bits per heavy atom. The van der Waals surface area contributed by atoms with Gasteiger partial charge < -0.3 is 43.9 Å². The third-order valence-corrected chi connectivity index (χ3v) is 12.3. The fraction of sp³-hybridized carbons (Fsp3) is 0.805. The van der Waals surface area contributed by atoms with Gasteiger partial charge in [-0.2, -0.15) is 0 Å². The van der Waals surface area contributed by atoms with Gasteiger partial charge in [0.25, 0.3) is 0 Å². The minimum Gasteiger partial charge on any atom is -0.461 e. The molecule has 0 radical (unpaired) electrons. The van der Waals surface area contributed by atoms with E-state index in [1.165, 1.54) is 14.0 Å². The first-order valence-electron chi connectivity index (χ1n) is 19.7. The highest BCUT2D eigenvalue weighted by Gasteiger charge is 2.56. The van der Waals surface area contributed by atoms with E-state index in [-0.39, 0.29) is 37.2 Å². The molecule has 3 fully saturated rings. The zero-order chi connectivity index (χ0) is 40.3. The number of likely N-dealkylation sites (N-methyl/N-ethyl adjacent to an activating group) is 1. The van der Waals surface area contributed by atoms with Gasteiger partial charge >= 0.3 is 11.9 Å². The van der Waals surface area contributed by atoms with E-state index in [9.17, 15) is 29.7 Å². The van der Waals surface area contributed by atoms with Crippen LogP contribution in [0.2, 0.25) is 0 Å². The van der Waals surface area contributed by atoms with Gasteiger partial charge in [-0.1, -0.05) is 33.8 Å². The first-order valence-corrected chi connectivity index (χ1v) is 19.7. The Labute approximate surface area is 321 Å². The van der Waals surface area contributed by atoms with Crippen LogP contribution in [0.1, 0.15) is 100 Å². The van der Waals surface area contributed by atoms with Gasteiger partial charge in [0.05, 0.1) is 41.9 Å². The van der Waals surface area contributed by atoms with E-state index in [1.54, 1.807) is 72.9 Å². The van der Waals surface area contributed by atoms with Gasteiger partial charge in [-0.15, -0.1) is 0 Å². The summed E-state index contributed by atoms with van der Waals surface area (Å²) in [7, 11) is 3.50. The Morgan fingerprint density at radius 1 is 1.04 bits per heavy atom. The van der Waals surface area contributed by atoms with E-state index < -0.39 is 83.1 Å². The highest BCUT2D eigenvalue weighted by Crippen LogP contribution is 2.43. The second kappa shape index (κ2) is 17.7. The molecule has 13 heteroatoms. The van der Waals surface area contributed by atoms with E-state index >= 15 is 0 Å². The maximum absolute atomic E-state index is 14.1. The van der Waals surface area contributed by atoms with Gasteiger partial charge in [-0.3, -0.25) is 19.4 Å². The van der Waals surface area contributed by atoms with Crippen molar-refractivity contribution >= 4 is 17.7 Å². The zero-order valence-corrected chi connectivity index (χ0v) is 34.2. The van der Waals surface area contributed by atoms with E-state index in [4.69, 9.17) is 23.7 Å². The van der Waals surface area contributed by atoms with Crippen molar-refractivity contribution in [2.24, 2.45) is 29.6 Å². The molecule has 54 heavy (non-hydrogen) atoms. The molecule has 0 bridgehead atoms. The number of esters is 2. The van der Waals surface area contributed by atoms with Gasteiger partial charge in [0.15, 0.2) is 5.79 Å². The number of ether oxygens (including phenoxy) is 5. The van der Waals surface area contributed by atoms with Gasteiger partial charge in [0, 0.05) is 43.6 Å². The number of hydrogen-bond acceptors (Lipinski definition) is 13. The number of nitrogens with zero attached hydrogens (tertiary/aromatic N) is 2. The number of hydrogen-bond donors (Lipinski definition) is 3. The van der Waals surface area contributed by atoms with Crippen LogP contribution in [0.4, 0.5) is 0 Å². The molecule has 0 unspecified atom stereocenters. The maximum atomic E-state index is 14.1. The molecule has 13 nitrogen and oxygen atoms in total. The lowest BCUT2D eigenvalue weighted by Crippen LogP contribution is -2.65. The van der Waals surface area contributed by atoms with Crippen molar-refractivity contribution in [3.63, 3.8) is 0 Å². The molecule has 3 heterocycles. The van der Waals surface area contributed by atoms with Crippen molar-refractivity contribution in [3.8, 4) is 0 Å². The van der Waals surface area contributed by atoms with E-state index in [1.807, 2.05) is 14.0 Å². The van der Waals surface area contributed by atoms with Gasteiger partial charge in [0.1, 0.15) is 29.7 Å². The minimum absolute atomic E-state index is 0.0773. The number of methoxy groups -OCH3 is 1. The molecule has 1 aliphatic carbocycles. The second-order valence-electron chi connectivity index (χ2n) is 17.0. The van der Waals surface area contributed by atoms with Crippen molar-refractivity contribution in [2.45, 2.75) is 160 Å². The number of cyclic esters (lactones) is 1. The second-order valence-corrected chi connectivity index (χ2v) is 17.0. The van der Waals surface area contributed by atoms with Gasteiger partial charge in [-0.05, 0) is 91.8 Å². The van der Waals surface area contributed by atoms with Crippen LogP contribution in [-0.4, -0.2) is 123 Å². The smallest absolute Gasteiger partial charge is 0.312 e. The van der Waals surface area contributed by atoms with E-state index in [0.717, 1.165) is 19.4 Å². The summed E-state index contributed by atoms with van der Waals surface area (Å²) in [5.74, 6) is -6.45. The summed E-state index contributed by atoms with van der Waals surface area (Å²) in [4.78, 5) is 48.3. The summed E-state index contributed by atoms with van der Waals surface area (Å²) < 4.78 is 31.9. The molecule has 1 aromatic rings. The van der Waals surface area contributed by atoms with Crippen molar-refractivity contribution in [3.05, 3.63) is 30.1 Å². The summed E-state index contributed by atoms with van der Waals surface area (Å²) in [6, 6.07) is 4.90. The summed E-state index contributed by atoms with van der Waals surface area (Å²) in [6.07, 6.45) is -1.91. The first-order chi connectivity index (χ1) is 25.2. The fourth-order valence-electron chi connectivity index (χ4n) is 8.74. The van der Waals surface area contributed by atoms with Gasteiger partial charge in [0.2, 0.25) is 0 Å². The molecule has 0 spiro atoms. The average molecular weight is 763 g/mol. The molecule has 1 aromatic heterocycles. The third kappa shape index (κ3) is 9.88. The number of carbonyl (C=O) groups is 3. The molecule has 3 N–H and O–H groups in total. The van der Waals surface area contributed by atoms with Crippen molar-refractivity contribution in [1.82, 2.24) is 9.88 Å². The number of aliphatic hydroxyl groups is 3. The lowest BCUT2D eigenvalue weighted by molar-refractivity contribution is -0.359. The molecule has 0 aromatic carbocycles. The normalized spacial score (nSPS) is 41.6. The van der Waals surface area contributed by atoms with Gasteiger partial charge in [-0.25, -0.2) is 0 Å². The van der Waals surface area contributed by atoms with Crippen LogP contribution in [0, 0.1) is 29.6 Å². The van der Waals surface area contributed by atoms with E-state index in [0.29, 0.717) is 18.0 Å². The molecule has 0 amide bonds. The Kier molecular flexibility index (Phi) is 14.5. The number of aromatic nitrogens is 1. The monoisotopic (exact) mass is 762 g/mol. The SMILES string of the molecule is CC[C@H]1OC(=O)[C@H](C)[C@@H](OC(=O)Cc2ccccn2)[C@H](C)[C@@H](O[C@]2(C)O[C@H](C)C[C@H](N(C)CC3CC3)[C@H]2O)[C@](C)(OC)C[C@@H](C)C(=O)[C@H](C)[C@@H](O)[C@]1(C)O. The highest BCUT2D eigenvalue weighted by atomic mass is 16.7. The molecule has 1 saturated carbocycles. The quantitative estimate of drug-likeness (QED) is 0.294. The summed E-state index contributed by atoms with van der Waals surface area (Å²) in [6.45, 7) is 15.9. The summed E-state index contributed by atoms with van der Waals surface area (Å²) in [5, 5.41) is 35.1. The number of ketones is 1. The van der Waals surface area contributed by atoms with Crippen LogP contribution < -0.4 is 0 Å². The summed E-state index contributed by atoms with van der Waals surface area (Å²) in [5.41, 5.74) is -2.83. The maximum Gasteiger partial charge on any atom is 0.312 e. The minimum atomic E-state index is -1.99. The standard InChI is InChI=1S/C41H66N2O11/c1-12-31-40(8,49)35(46)25(4)33(45)23(2)21-39(7,50-11)37(54-41(9)36(47)30(19-24(3)53-41)43(10)22-28-16-17-28)26(5)34(27(6)38(48)51-31)52-32(44)20-29-15-13-14-18-42-29/h13-15,18,23-28,30-31,34-37,46-47,49H,12,16-17,19-22H2,1-11H3/t23-,24-,25+,26+,27-,30+,31-,34+,35-,36-,37-,39-,40-,41+/m1/s1. The topological polar surface area (TPSA) is 174 Å². The summed E-state index contributed by atoms with van der Waals surface area (Å²) >= 11 is 0. The molecule has 14 atom stereocenters. The lowest BCUT2D eigenvalue weighted by atomic mass is 9.73. The van der Waals surface area contributed by atoms with Crippen LogP contribution in [0.3, 0.4) is 0 Å². The number of rotatable bonds is 10. The molecular formula is C41H66N2O11.